The van der Waals surface area contributed by atoms with Crippen molar-refractivity contribution in [1.82, 2.24) is 9.29 Å². The third-order valence-electron chi connectivity index (χ3n) is 5.59. The maximum Gasteiger partial charge on any atom is 0.252 e. The number of hydrogen-bond acceptors (Lipinski definition) is 3. The van der Waals surface area contributed by atoms with Crippen molar-refractivity contribution in [2.24, 2.45) is 0 Å². The largest absolute Gasteiger partial charge is 0.321 e. The lowest BCUT2D eigenvalue weighted by Gasteiger charge is -2.22. The number of pyridine rings is 1. The molecule has 1 aromatic heterocycles. The highest BCUT2D eigenvalue weighted by atomic mass is 32.2. The molecule has 4 rings (SSSR count). The molecule has 0 atom stereocenters. The van der Waals surface area contributed by atoms with Crippen molar-refractivity contribution < 1.29 is 8.42 Å². The van der Waals surface area contributed by atoms with E-state index in [-0.39, 0.29) is 23.5 Å². The number of nitrogens with zero attached hydrogens (tertiary/aromatic N) is 1. The fourth-order valence-corrected chi connectivity index (χ4v) is 5.40. The second-order valence-electron chi connectivity index (χ2n) is 8.06. The number of hydrogen-bond donors (Lipinski definition) is 1. The van der Waals surface area contributed by atoms with Crippen molar-refractivity contribution in [3.05, 3.63) is 111 Å². The molecule has 0 aliphatic rings. The Morgan fingerprint density at radius 1 is 0.875 bits per heavy atom. The van der Waals surface area contributed by atoms with Gasteiger partial charge in [0.25, 0.3) is 5.56 Å². The Kier molecular flexibility index (Phi) is 6.26. The average Bonchev–Trinajstić information content (AvgIpc) is 2.78. The van der Waals surface area contributed by atoms with E-state index in [1.165, 1.54) is 4.31 Å². The summed E-state index contributed by atoms with van der Waals surface area (Å²) in [6, 6.07) is 23.9. The second-order valence-corrected chi connectivity index (χ2v) is 9.99. The lowest BCUT2D eigenvalue weighted by molar-refractivity contribution is 0.408. The summed E-state index contributed by atoms with van der Waals surface area (Å²) in [5, 5.41) is 0.900. The summed E-state index contributed by atoms with van der Waals surface area (Å²) in [5.41, 5.74) is 4.06. The van der Waals surface area contributed by atoms with E-state index in [0.717, 1.165) is 27.6 Å². The van der Waals surface area contributed by atoms with Gasteiger partial charge in [0, 0.05) is 18.7 Å². The summed E-state index contributed by atoms with van der Waals surface area (Å²) in [6.45, 7) is 4.23. The van der Waals surface area contributed by atoms with Crippen molar-refractivity contribution >= 4 is 20.9 Å². The van der Waals surface area contributed by atoms with Gasteiger partial charge in [-0.05, 0) is 61.0 Å². The Morgan fingerprint density at radius 2 is 1.53 bits per heavy atom. The first kappa shape index (κ1) is 22.0. The van der Waals surface area contributed by atoms with E-state index in [9.17, 15) is 13.2 Å². The maximum absolute atomic E-state index is 13.5. The predicted octanol–water partition coefficient (Wildman–Crippen LogP) is 4.58. The molecule has 0 fully saturated rings. The first-order valence-electron chi connectivity index (χ1n) is 10.6. The Morgan fingerprint density at radius 3 is 2.22 bits per heavy atom. The van der Waals surface area contributed by atoms with Crippen LogP contribution in [0.4, 0.5) is 0 Å². The van der Waals surface area contributed by atoms with Gasteiger partial charge in [-0.2, -0.15) is 4.31 Å². The van der Waals surface area contributed by atoms with Gasteiger partial charge in [-0.1, -0.05) is 60.2 Å². The molecule has 5 nitrogen and oxygen atoms in total. The van der Waals surface area contributed by atoms with Crippen LogP contribution in [0.2, 0.25) is 0 Å². The number of aromatic nitrogens is 1. The highest BCUT2D eigenvalue weighted by molar-refractivity contribution is 7.89. The van der Waals surface area contributed by atoms with E-state index in [1.54, 1.807) is 30.3 Å². The number of aryl methyl sites for hydroxylation is 2. The molecule has 0 aliphatic carbocycles. The Bertz CT molecular complexity index is 1400. The van der Waals surface area contributed by atoms with Crippen LogP contribution < -0.4 is 5.56 Å². The standard InChI is InChI=1S/C26H26N2O3S/c1-19-15-20(2)25-22(16-19)17-23(26(29)27-25)18-28(14-13-21-9-5-3-6-10-21)32(30,31)24-11-7-4-8-12-24/h3-12,15-17H,13-14,18H2,1-2H3,(H,27,29). The predicted molar refractivity (Wildman–Crippen MR) is 128 cm³/mol. The topological polar surface area (TPSA) is 70.2 Å². The third-order valence-corrected chi connectivity index (χ3v) is 7.45. The van der Waals surface area contributed by atoms with Crippen LogP contribution in [0.1, 0.15) is 22.3 Å². The SMILES string of the molecule is Cc1cc(C)c2[nH]c(=O)c(CN(CCc3ccccc3)S(=O)(=O)c3ccccc3)cc2c1. The minimum absolute atomic E-state index is 0.00231. The van der Waals surface area contributed by atoms with Crippen LogP contribution in [0.5, 0.6) is 0 Å². The summed E-state index contributed by atoms with van der Waals surface area (Å²) in [4.78, 5) is 16.0. The van der Waals surface area contributed by atoms with Gasteiger partial charge in [0.05, 0.1) is 10.4 Å². The molecular formula is C26H26N2O3S. The number of benzene rings is 3. The molecule has 1 heterocycles. The summed E-state index contributed by atoms with van der Waals surface area (Å²) in [5.74, 6) is 0. The van der Waals surface area contributed by atoms with Gasteiger partial charge >= 0.3 is 0 Å². The fourth-order valence-electron chi connectivity index (χ4n) is 3.96. The smallest absolute Gasteiger partial charge is 0.252 e. The van der Waals surface area contributed by atoms with E-state index in [1.807, 2.05) is 62.4 Å². The molecular weight excluding hydrogens is 420 g/mol. The zero-order chi connectivity index (χ0) is 22.7. The Balaban J connectivity index is 1.73. The summed E-state index contributed by atoms with van der Waals surface area (Å²) in [7, 11) is -3.78. The van der Waals surface area contributed by atoms with Crippen molar-refractivity contribution in [2.75, 3.05) is 6.54 Å². The number of fused-ring (bicyclic) bond motifs is 1. The van der Waals surface area contributed by atoms with Crippen LogP contribution in [0.3, 0.4) is 0 Å². The lowest BCUT2D eigenvalue weighted by Crippen LogP contribution is -2.34. The highest BCUT2D eigenvalue weighted by Crippen LogP contribution is 2.21. The van der Waals surface area contributed by atoms with Crippen LogP contribution in [-0.4, -0.2) is 24.3 Å². The molecule has 3 aromatic carbocycles. The van der Waals surface area contributed by atoms with Crippen LogP contribution >= 0.6 is 0 Å². The summed E-state index contributed by atoms with van der Waals surface area (Å²) < 4.78 is 28.3. The quantitative estimate of drug-likeness (QED) is 0.452. The Labute approximate surface area is 188 Å². The van der Waals surface area contributed by atoms with Crippen LogP contribution in [0, 0.1) is 13.8 Å². The molecule has 0 amide bonds. The molecule has 1 N–H and O–H groups in total. The van der Waals surface area contributed by atoms with Crippen LogP contribution in [0.25, 0.3) is 10.9 Å². The highest BCUT2D eigenvalue weighted by Gasteiger charge is 2.25. The molecule has 0 unspecified atom stereocenters. The van der Waals surface area contributed by atoms with Crippen LogP contribution in [-0.2, 0) is 23.0 Å². The molecule has 4 aromatic rings. The normalized spacial score (nSPS) is 11.8. The van der Waals surface area contributed by atoms with Crippen LogP contribution in [0.15, 0.2) is 88.6 Å². The summed E-state index contributed by atoms with van der Waals surface area (Å²) >= 11 is 0. The van der Waals surface area contributed by atoms with Crippen molar-refractivity contribution in [3.8, 4) is 0 Å². The number of nitrogens with one attached hydrogen (secondary N) is 1. The van der Waals surface area contributed by atoms with Gasteiger partial charge < -0.3 is 4.98 Å². The van der Waals surface area contributed by atoms with Crippen molar-refractivity contribution in [1.29, 1.82) is 0 Å². The van der Waals surface area contributed by atoms with Gasteiger partial charge in [-0.3, -0.25) is 4.79 Å². The average molecular weight is 447 g/mol. The maximum atomic E-state index is 13.5. The lowest BCUT2D eigenvalue weighted by atomic mass is 10.1. The van der Waals surface area contributed by atoms with Crippen molar-refractivity contribution in [2.45, 2.75) is 31.7 Å². The van der Waals surface area contributed by atoms with E-state index in [2.05, 4.69) is 4.98 Å². The number of aromatic amines is 1. The Hall–Kier alpha value is -3.22. The molecule has 0 bridgehead atoms. The van der Waals surface area contributed by atoms with Gasteiger partial charge in [-0.25, -0.2) is 8.42 Å². The van der Waals surface area contributed by atoms with E-state index >= 15 is 0 Å². The zero-order valence-electron chi connectivity index (χ0n) is 18.2. The first-order chi connectivity index (χ1) is 15.3. The molecule has 32 heavy (non-hydrogen) atoms. The van der Waals surface area contributed by atoms with E-state index in [0.29, 0.717) is 12.0 Å². The van der Waals surface area contributed by atoms with Crippen molar-refractivity contribution in [3.63, 3.8) is 0 Å². The minimum Gasteiger partial charge on any atom is -0.321 e. The molecule has 0 aliphatic heterocycles. The number of rotatable bonds is 7. The van der Waals surface area contributed by atoms with E-state index in [4.69, 9.17) is 0 Å². The zero-order valence-corrected chi connectivity index (χ0v) is 19.0. The van der Waals surface area contributed by atoms with E-state index < -0.39 is 10.0 Å². The number of sulfonamides is 1. The molecule has 6 heteroatoms. The number of H-pyrrole nitrogens is 1. The third kappa shape index (κ3) is 4.66. The summed E-state index contributed by atoms with van der Waals surface area (Å²) in [6.07, 6.45) is 0.552. The van der Waals surface area contributed by atoms with Gasteiger partial charge in [-0.15, -0.1) is 0 Å². The van der Waals surface area contributed by atoms with Gasteiger partial charge in [0.15, 0.2) is 0 Å². The first-order valence-corrected chi connectivity index (χ1v) is 12.0. The molecule has 0 radical (unpaired) electrons. The van der Waals surface area contributed by atoms with Gasteiger partial charge in [0.1, 0.15) is 0 Å². The molecule has 0 spiro atoms. The molecule has 0 saturated carbocycles. The second kappa shape index (κ2) is 9.10. The monoisotopic (exact) mass is 446 g/mol. The molecule has 0 saturated heterocycles. The fraction of sp³-hybridized carbons (Fsp3) is 0.192. The minimum atomic E-state index is -3.78. The van der Waals surface area contributed by atoms with Gasteiger partial charge in [0.2, 0.25) is 10.0 Å². The molecule has 164 valence electrons.